The van der Waals surface area contributed by atoms with E-state index in [0.29, 0.717) is 5.56 Å². The maximum Gasteiger partial charge on any atom is 0.254 e. The Bertz CT molecular complexity index is 614. The second-order valence-corrected chi connectivity index (χ2v) is 5.00. The number of nitrogens with zero attached hydrogens (tertiary/aromatic N) is 1. The van der Waals surface area contributed by atoms with Crippen LogP contribution < -0.4 is 5.32 Å². The largest absolute Gasteiger partial charge is 0.394 e. The highest BCUT2D eigenvalue weighted by molar-refractivity contribution is 6.32. The number of amides is 1. The van der Waals surface area contributed by atoms with Gasteiger partial charge in [-0.3, -0.25) is 4.79 Å². The number of benzene rings is 1. The zero-order valence-electron chi connectivity index (χ0n) is 11.7. The van der Waals surface area contributed by atoms with Gasteiger partial charge in [-0.05, 0) is 29.7 Å². The van der Waals surface area contributed by atoms with Gasteiger partial charge in [-0.2, -0.15) is 0 Å². The molecule has 0 aliphatic carbocycles. The van der Waals surface area contributed by atoms with E-state index in [2.05, 4.69) is 17.2 Å². The molecule has 1 heterocycles. The Morgan fingerprint density at radius 1 is 1.33 bits per heavy atom. The zero-order valence-corrected chi connectivity index (χ0v) is 12.5. The Labute approximate surface area is 128 Å². The molecule has 0 aliphatic heterocycles. The molecule has 0 radical (unpaired) electrons. The third-order valence-electron chi connectivity index (χ3n) is 3.28. The Kier molecular flexibility index (Phi) is 5.31. The van der Waals surface area contributed by atoms with Gasteiger partial charge in [0, 0.05) is 6.20 Å². The monoisotopic (exact) mass is 304 g/mol. The first-order valence-electron chi connectivity index (χ1n) is 6.76. The molecule has 5 heteroatoms. The van der Waals surface area contributed by atoms with E-state index in [-0.39, 0.29) is 17.7 Å². The molecule has 0 bridgehead atoms. The minimum Gasteiger partial charge on any atom is -0.394 e. The van der Waals surface area contributed by atoms with Crippen molar-refractivity contribution in [3.8, 4) is 0 Å². The summed E-state index contributed by atoms with van der Waals surface area (Å²) in [4.78, 5) is 16.1. The van der Waals surface area contributed by atoms with E-state index >= 15 is 0 Å². The van der Waals surface area contributed by atoms with Crippen LogP contribution in [-0.2, 0) is 6.42 Å². The predicted octanol–water partition coefficient (Wildman–Crippen LogP) is 2.76. The zero-order chi connectivity index (χ0) is 15.2. The number of aliphatic hydroxyl groups excluding tert-OH is 1. The lowest BCUT2D eigenvalue weighted by Crippen LogP contribution is -2.31. The number of halogens is 1. The summed E-state index contributed by atoms with van der Waals surface area (Å²) >= 11 is 5.90. The fraction of sp³-hybridized carbons (Fsp3) is 0.250. The molecule has 2 rings (SSSR count). The lowest BCUT2D eigenvalue weighted by atomic mass is 10.0. The Balaban J connectivity index is 2.15. The van der Waals surface area contributed by atoms with E-state index in [1.165, 1.54) is 11.8 Å². The molecule has 1 unspecified atom stereocenters. The van der Waals surface area contributed by atoms with Gasteiger partial charge in [0.25, 0.3) is 5.91 Å². The number of aromatic nitrogens is 1. The summed E-state index contributed by atoms with van der Waals surface area (Å²) in [5.74, 6) is -0.355. The molecule has 1 atom stereocenters. The van der Waals surface area contributed by atoms with Crippen LogP contribution in [0.2, 0.25) is 5.15 Å². The van der Waals surface area contributed by atoms with Crippen molar-refractivity contribution < 1.29 is 9.90 Å². The third kappa shape index (κ3) is 3.80. The van der Waals surface area contributed by atoms with Crippen LogP contribution in [0, 0.1) is 0 Å². The maximum atomic E-state index is 12.2. The van der Waals surface area contributed by atoms with Crippen LogP contribution in [0.1, 0.15) is 34.5 Å². The quantitative estimate of drug-likeness (QED) is 0.835. The van der Waals surface area contributed by atoms with Crippen LogP contribution >= 0.6 is 11.6 Å². The van der Waals surface area contributed by atoms with Crippen molar-refractivity contribution in [1.29, 1.82) is 0 Å². The minimum absolute atomic E-state index is 0.146. The topological polar surface area (TPSA) is 62.2 Å². The van der Waals surface area contributed by atoms with Gasteiger partial charge in [-0.15, -0.1) is 0 Å². The van der Waals surface area contributed by atoms with Crippen molar-refractivity contribution in [2.24, 2.45) is 0 Å². The van der Waals surface area contributed by atoms with E-state index in [1.807, 2.05) is 24.3 Å². The number of carbonyl (C=O) groups excluding carboxylic acids is 1. The van der Waals surface area contributed by atoms with Crippen LogP contribution in [0.3, 0.4) is 0 Å². The number of hydrogen-bond donors (Lipinski definition) is 2. The summed E-state index contributed by atoms with van der Waals surface area (Å²) in [6, 6.07) is 10.6. The van der Waals surface area contributed by atoms with E-state index < -0.39 is 6.04 Å². The van der Waals surface area contributed by atoms with Crippen molar-refractivity contribution >= 4 is 17.5 Å². The van der Waals surface area contributed by atoms with E-state index in [4.69, 9.17) is 11.6 Å². The number of pyridine rings is 1. The fourth-order valence-electron chi connectivity index (χ4n) is 2.01. The maximum absolute atomic E-state index is 12.2. The van der Waals surface area contributed by atoms with Gasteiger partial charge in [0.15, 0.2) is 0 Å². The Hall–Kier alpha value is -1.91. The number of rotatable bonds is 5. The van der Waals surface area contributed by atoms with E-state index in [0.717, 1.165) is 12.0 Å². The average molecular weight is 305 g/mol. The normalized spacial score (nSPS) is 12.0. The summed E-state index contributed by atoms with van der Waals surface area (Å²) < 4.78 is 0. The second-order valence-electron chi connectivity index (χ2n) is 4.65. The first-order chi connectivity index (χ1) is 10.2. The summed E-state index contributed by atoms with van der Waals surface area (Å²) in [6.45, 7) is 1.89. The molecule has 4 nitrogen and oxygen atoms in total. The molecule has 1 aromatic carbocycles. The minimum atomic E-state index is -0.473. The smallest absolute Gasteiger partial charge is 0.254 e. The Morgan fingerprint density at radius 3 is 2.62 bits per heavy atom. The number of nitrogens with one attached hydrogen (secondary N) is 1. The molecular weight excluding hydrogens is 288 g/mol. The predicted molar refractivity (Wildman–Crippen MR) is 82.4 cm³/mol. The highest BCUT2D eigenvalue weighted by Crippen LogP contribution is 2.17. The summed E-state index contributed by atoms with van der Waals surface area (Å²) in [7, 11) is 0. The van der Waals surface area contributed by atoms with Crippen molar-refractivity contribution in [2.45, 2.75) is 19.4 Å². The SMILES string of the molecule is CCc1ccc(C(CO)NC(=O)c2cccnc2Cl)cc1. The van der Waals surface area contributed by atoms with Gasteiger partial charge in [0.2, 0.25) is 0 Å². The first kappa shape index (κ1) is 15.5. The molecule has 0 saturated heterocycles. The lowest BCUT2D eigenvalue weighted by molar-refractivity contribution is 0.0916. The summed E-state index contributed by atoms with van der Waals surface area (Å²) in [5.41, 5.74) is 2.35. The number of hydrogen-bond acceptors (Lipinski definition) is 3. The van der Waals surface area contributed by atoms with Crippen LogP contribution in [0.5, 0.6) is 0 Å². The molecule has 1 aromatic heterocycles. The molecule has 0 spiro atoms. The third-order valence-corrected chi connectivity index (χ3v) is 3.58. The lowest BCUT2D eigenvalue weighted by Gasteiger charge is -2.17. The van der Waals surface area contributed by atoms with E-state index in [1.54, 1.807) is 12.1 Å². The standard InChI is InChI=1S/C16H17ClN2O2/c1-2-11-5-7-12(8-6-11)14(10-20)19-16(21)13-4-3-9-18-15(13)17/h3-9,14,20H,2,10H2,1H3,(H,19,21). The highest BCUT2D eigenvalue weighted by atomic mass is 35.5. The molecule has 1 amide bonds. The van der Waals surface area contributed by atoms with Crippen LogP contribution in [0.4, 0.5) is 0 Å². The molecule has 21 heavy (non-hydrogen) atoms. The number of aryl methyl sites for hydroxylation is 1. The highest BCUT2D eigenvalue weighted by Gasteiger charge is 2.17. The van der Waals surface area contributed by atoms with Gasteiger partial charge in [0.1, 0.15) is 5.15 Å². The van der Waals surface area contributed by atoms with Crippen LogP contribution in [-0.4, -0.2) is 22.6 Å². The fourth-order valence-corrected chi connectivity index (χ4v) is 2.22. The average Bonchev–Trinajstić information content (AvgIpc) is 2.53. The van der Waals surface area contributed by atoms with Crippen LogP contribution in [0.15, 0.2) is 42.6 Å². The van der Waals surface area contributed by atoms with Crippen molar-refractivity contribution in [3.63, 3.8) is 0 Å². The van der Waals surface area contributed by atoms with Gasteiger partial charge in [0.05, 0.1) is 18.2 Å². The van der Waals surface area contributed by atoms with E-state index in [9.17, 15) is 9.90 Å². The molecular formula is C16H17ClN2O2. The summed E-state index contributed by atoms with van der Waals surface area (Å²) in [5, 5.41) is 12.4. The van der Waals surface area contributed by atoms with Gasteiger partial charge < -0.3 is 10.4 Å². The number of aliphatic hydroxyl groups is 1. The molecule has 2 N–H and O–H groups in total. The molecule has 110 valence electrons. The molecule has 0 saturated carbocycles. The summed E-state index contributed by atoms with van der Waals surface area (Å²) in [6.07, 6.45) is 2.47. The van der Waals surface area contributed by atoms with Crippen molar-refractivity contribution in [1.82, 2.24) is 10.3 Å². The van der Waals surface area contributed by atoms with Gasteiger partial charge >= 0.3 is 0 Å². The van der Waals surface area contributed by atoms with Gasteiger partial charge in [-0.25, -0.2) is 4.98 Å². The van der Waals surface area contributed by atoms with Gasteiger partial charge in [-0.1, -0.05) is 42.8 Å². The first-order valence-corrected chi connectivity index (χ1v) is 7.14. The number of carbonyl (C=O) groups is 1. The van der Waals surface area contributed by atoms with Crippen molar-refractivity contribution in [3.05, 3.63) is 64.4 Å². The molecule has 0 fully saturated rings. The van der Waals surface area contributed by atoms with Crippen LogP contribution in [0.25, 0.3) is 0 Å². The van der Waals surface area contributed by atoms with Crippen molar-refractivity contribution in [2.75, 3.05) is 6.61 Å². The Morgan fingerprint density at radius 2 is 2.05 bits per heavy atom. The molecule has 2 aromatic rings. The molecule has 0 aliphatic rings. The second kappa shape index (κ2) is 7.20.